The predicted octanol–water partition coefficient (Wildman–Crippen LogP) is 1.54. The highest BCUT2D eigenvalue weighted by atomic mass is 35.5. The van der Waals surface area contributed by atoms with E-state index in [1.54, 1.807) is 13.8 Å². The highest BCUT2D eigenvalue weighted by Gasteiger charge is 2.54. The molecule has 0 radical (unpaired) electrons. The van der Waals surface area contributed by atoms with Crippen molar-refractivity contribution in [1.82, 2.24) is 10.6 Å². The van der Waals surface area contributed by atoms with E-state index in [0.717, 1.165) is 0 Å². The smallest absolute Gasteiger partial charge is 0.508 e. The lowest BCUT2D eigenvalue weighted by atomic mass is 9.70. The highest BCUT2D eigenvalue weighted by molar-refractivity contribution is 6.50. The minimum absolute atomic E-state index is 0.0603. The van der Waals surface area contributed by atoms with Crippen LogP contribution in [0.15, 0.2) is 18.2 Å². The van der Waals surface area contributed by atoms with Crippen LogP contribution in [0.1, 0.15) is 43.5 Å². The van der Waals surface area contributed by atoms with Gasteiger partial charge in [-0.2, -0.15) is 0 Å². The van der Waals surface area contributed by atoms with Gasteiger partial charge in [0.15, 0.2) is 5.60 Å². The molecule has 0 bridgehead atoms. The molecule has 1 fully saturated rings. The normalized spacial score (nSPS) is 18.7. The number of carbonyl (C=O) groups is 5. The van der Waals surface area contributed by atoms with Gasteiger partial charge in [-0.1, -0.05) is 37.0 Å². The van der Waals surface area contributed by atoms with E-state index in [4.69, 9.17) is 37.6 Å². The molecule has 2 amide bonds. The van der Waals surface area contributed by atoms with Crippen LogP contribution < -0.4 is 10.6 Å². The summed E-state index contributed by atoms with van der Waals surface area (Å²) in [6.45, 7) is 3.11. The van der Waals surface area contributed by atoms with Crippen molar-refractivity contribution in [2.24, 2.45) is 5.92 Å². The van der Waals surface area contributed by atoms with E-state index in [1.165, 1.54) is 18.2 Å². The number of nitrogens with one attached hydrogen (secondary N) is 2. The molecule has 1 aliphatic heterocycles. The summed E-state index contributed by atoms with van der Waals surface area (Å²) in [7, 11) is -1.55. The third-order valence-electron chi connectivity index (χ3n) is 4.83. The fourth-order valence-electron chi connectivity index (χ4n) is 3.34. The van der Waals surface area contributed by atoms with Crippen molar-refractivity contribution < 1.29 is 43.5 Å². The van der Waals surface area contributed by atoms with Gasteiger partial charge >= 0.3 is 19.1 Å². The lowest BCUT2D eigenvalue weighted by molar-refractivity contribution is -0.175. The lowest BCUT2D eigenvalue weighted by Gasteiger charge is -2.37. The van der Waals surface area contributed by atoms with Crippen LogP contribution in [0.4, 0.5) is 0 Å². The first-order valence-electron chi connectivity index (χ1n) is 10.2. The number of halogens is 2. The molecule has 2 rings (SSSR count). The van der Waals surface area contributed by atoms with Crippen LogP contribution in [0, 0.1) is 5.92 Å². The second kappa shape index (κ2) is 11.5. The Hall–Kier alpha value is -2.83. The fraction of sp³-hybridized carbons (Fsp3) is 0.450. The van der Waals surface area contributed by atoms with Crippen molar-refractivity contribution in [3.8, 4) is 0 Å². The summed E-state index contributed by atoms with van der Waals surface area (Å²) in [4.78, 5) is 60.0. The Labute approximate surface area is 205 Å². The average Bonchev–Trinajstić information content (AvgIpc) is 2.71. The van der Waals surface area contributed by atoms with Gasteiger partial charge in [0.2, 0.25) is 5.91 Å². The van der Waals surface area contributed by atoms with Gasteiger partial charge in [-0.15, -0.1) is 0 Å². The summed E-state index contributed by atoms with van der Waals surface area (Å²) < 4.78 is 10.6. The van der Waals surface area contributed by atoms with Crippen molar-refractivity contribution in [1.29, 1.82) is 0 Å². The van der Waals surface area contributed by atoms with Crippen LogP contribution in [0.2, 0.25) is 10.0 Å². The molecule has 34 heavy (non-hydrogen) atoms. The number of benzene rings is 1. The van der Waals surface area contributed by atoms with Crippen LogP contribution >= 0.6 is 23.2 Å². The maximum absolute atomic E-state index is 12.5. The Morgan fingerprint density at radius 1 is 1.21 bits per heavy atom. The number of carboxylic acid groups (broad SMARTS) is 2. The largest absolute Gasteiger partial charge is 0.552 e. The summed E-state index contributed by atoms with van der Waals surface area (Å²) in [5.74, 6) is -6.54. The van der Waals surface area contributed by atoms with Gasteiger partial charge in [0.25, 0.3) is 11.9 Å². The van der Waals surface area contributed by atoms with Crippen molar-refractivity contribution in [2.45, 2.75) is 44.7 Å². The van der Waals surface area contributed by atoms with Crippen LogP contribution in [0.3, 0.4) is 0 Å². The molecule has 0 unspecified atom stereocenters. The molecule has 0 spiro atoms. The quantitative estimate of drug-likeness (QED) is 0.337. The minimum Gasteiger partial charge on any atom is -0.508 e. The molecule has 1 heterocycles. The van der Waals surface area contributed by atoms with Crippen LogP contribution in [0.25, 0.3) is 0 Å². The zero-order valence-corrected chi connectivity index (χ0v) is 19.8. The number of aliphatic carboxylic acids is 2. The lowest BCUT2D eigenvalue weighted by Crippen LogP contribution is -2.61. The zero-order valence-electron chi connectivity index (χ0n) is 18.3. The molecule has 0 aromatic heterocycles. The van der Waals surface area contributed by atoms with Crippen molar-refractivity contribution in [2.75, 3.05) is 6.54 Å². The van der Waals surface area contributed by atoms with E-state index in [2.05, 4.69) is 10.6 Å². The summed E-state index contributed by atoms with van der Waals surface area (Å²) in [6, 6.07) is 4.26. The Morgan fingerprint density at radius 2 is 1.88 bits per heavy atom. The van der Waals surface area contributed by atoms with Gasteiger partial charge in [0, 0.05) is 5.02 Å². The topological polar surface area (TPSA) is 168 Å². The monoisotopic (exact) mass is 516 g/mol. The van der Waals surface area contributed by atoms with E-state index in [9.17, 15) is 29.1 Å². The van der Waals surface area contributed by atoms with Gasteiger partial charge < -0.3 is 30.2 Å². The molecule has 4 N–H and O–H groups in total. The Bertz CT molecular complexity index is 987. The first-order chi connectivity index (χ1) is 15.8. The molecule has 1 aliphatic rings. The SMILES string of the molecule is CC(C)C[C@H](NC(=O)CNC(=O)c1cc(Cl)ccc1Cl)B1OC(=O)C[C@](CC(=O)O)(C(=O)O)O1. The summed E-state index contributed by atoms with van der Waals surface area (Å²) in [5.41, 5.74) is -2.28. The van der Waals surface area contributed by atoms with Gasteiger partial charge in [-0.05, 0) is 30.5 Å². The molecule has 1 aromatic carbocycles. The second-order valence-electron chi connectivity index (χ2n) is 8.13. The number of hydrogen-bond acceptors (Lipinski definition) is 7. The number of amides is 2. The first kappa shape index (κ1) is 27.4. The molecular formula is C20H23BCl2N2O9. The summed E-state index contributed by atoms with van der Waals surface area (Å²) in [5, 5.41) is 24.0. The third-order valence-corrected chi connectivity index (χ3v) is 5.39. The molecule has 0 saturated carbocycles. The minimum atomic E-state index is -2.34. The number of carboxylic acids is 2. The standard InChI is InChI=1S/C20H23BCl2N2O9/c1-10(2)5-14(21-33-17(29)8-20(34-21,19(31)32)7-16(27)28)25-15(26)9-24-18(30)12-6-11(22)3-4-13(12)23/h3-4,6,10,14H,5,7-9H2,1-2H3,(H,24,30)(H,25,26)(H,27,28)(H,31,32)/t14-,20+/m0/s1. The van der Waals surface area contributed by atoms with Crippen LogP contribution in [0.5, 0.6) is 0 Å². The molecule has 14 heteroatoms. The number of carbonyl (C=O) groups excluding carboxylic acids is 3. The number of hydrogen-bond donors (Lipinski definition) is 4. The molecular weight excluding hydrogens is 494 g/mol. The zero-order chi connectivity index (χ0) is 25.6. The maximum Gasteiger partial charge on any atom is 0.552 e. The Balaban J connectivity index is 2.13. The van der Waals surface area contributed by atoms with Gasteiger partial charge in [-0.25, -0.2) is 4.79 Å². The first-order valence-corrected chi connectivity index (χ1v) is 10.9. The predicted molar refractivity (Wildman–Crippen MR) is 120 cm³/mol. The Kier molecular flexibility index (Phi) is 9.31. The number of rotatable bonds is 10. The molecule has 2 atom stereocenters. The second-order valence-corrected chi connectivity index (χ2v) is 8.98. The molecule has 11 nitrogen and oxygen atoms in total. The maximum atomic E-state index is 12.5. The van der Waals surface area contributed by atoms with E-state index in [-0.39, 0.29) is 27.9 Å². The molecule has 184 valence electrons. The van der Waals surface area contributed by atoms with Crippen molar-refractivity contribution >= 4 is 60.0 Å². The average molecular weight is 517 g/mol. The van der Waals surface area contributed by atoms with E-state index < -0.39 is 67.8 Å². The van der Waals surface area contributed by atoms with Crippen molar-refractivity contribution in [3.05, 3.63) is 33.8 Å². The Morgan fingerprint density at radius 3 is 2.47 bits per heavy atom. The molecule has 0 aliphatic carbocycles. The van der Waals surface area contributed by atoms with Crippen LogP contribution in [-0.2, 0) is 28.5 Å². The van der Waals surface area contributed by atoms with E-state index in [1.807, 2.05) is 0 Å². The van der Waals surface area contributed by atoms with Gasteiger partial charge in [-0.3, -0.25) is 19.2 Å². The summed E-state index contributed by atoms with van der Waals surface area (Å²) >= 11 is 11.8. The van der Waals surface area contributed by atoms with Gasteiger partial charge in [0.05, 0.1) is 35.9 Å². The van der Waals surface area contributed by atoms with Gasteiger partial charge in [0.1, 0.15) is 0 Å². The third kappa shape index (κ3) is 7.34. The van der Waals surface area contributed by atoms with E-state index >= 15 is 0 Å². The fourth-order valence-corrected chi connectivity index (χ4v) is 3.71. The van der Waals surface area contributed by atoms with Crippen LogP contribution in [-0.4, -0.2) is 65.1 Å². The summed E-state index contributed by atoms with van der Waals surface area (Å²) in [6.07, 6.45) is -1.59. The van der Waals surface area contributed by atoms with Crippen molar-refractivity contribution in [3.63, 3.8) is 0 Å². The molecule has 1 aromatic rings. The highest BCUT2D eigenvalue weighted by Crippen LogP contribution is 2.30. The van der Waals surface area contributed by atoms with E-state index in [0.29, 0.717) is 0 Å². The molecule has 1 saturated heterocycles.